The zero-order valence-electron chi connectivity index (χ0n) is 12.9. The number of nitrogens with one attached hydrogen (secondary N) is 1. The van der Waals surface area contributed by atoms with E-state index in [4.69, 9.17) is 4.74 Å². The monoisotopic (exact) mass is 346 g/mol. The maximum atomic E-state index is 12.8. The van der Waals surface area contributed by atoms with Crippen LogP contribution in [-0.4, -0.2) is 45.5 Å². The van der Waals surface area contributed by atoms with Crippen molar-refractivity contribution in [2.24, 2.45) is 5.92 Å². The van der Waals surface area contributed by atoms with Crippen molar-refractivity contribution in [2.75, 3.05) is 26.7 Å². The number of fused-ring (bicyclic) bond motifs is 1. The highest BCUT2D eigenvalue weighted by Crippen LogP contribution is 2.30. The van der Waals surface area contributed by atoms with Crippen LogP contribution in [0.5, 0.6) is 5.75 Å². The van der Waals surface area contributed by atoms with Gasteiger partial charge in [-0.05, 0) is 56.0 Å². The molecule has 1 N–H and O–H groups in total. The Morgan fingerprint density at radius 2 is 2.09 bits per heavy atom. The van der Waals surface area contributed by atoms with Crippen LogP contribution >= 0.6 is 12.4 Å². The van der Waals surface area contributed by atoms with Gasteiger partial charge in [-0.2, -0.15) is 4.31 Å². The van der Waals surface area contributed by atoms with Crippen molar-refractivity contribution >= 4 is 22.4 Å². The number of aryl methyl sites for hydroxylation is 1. The molecule has 2 aliphatic heterocycles. The first-order valence-electron chi connectivity index (χ1n) is 7.40. The van der Waals surface area contributed by atoms with Gasteiger partial charge in [0.05, 0.1) is 12.0 Å². The second-order valence-electron chi connectivity index (χ2n) is 5.89. The quantitative estimate of drug-likeness (QED) is 0.906. The van der Waals surface area contributed by atoms with Crippen LogP contribution in [0.4, 0.5) is 0 Å². The number of ether oxygens (including phenoxy) is 1. The van der Waals surface area contributed by atoms with E-state index >= 15 is 0 Å². The first kappa shape index (κ1) is 17.5. The third-order valence-electron chi connectivity index (χ3n) is 4.62. The summed E-state index contributed by atoms with van der Waals surface area (Å²) < 4.78 is 32.4. The Kier molecular flexibility index (Phi) is 5.37. The lowest BCUT2D eigenvalue weighted by Gasteiger charge is -2.34. The highest BCUT2D eigenvalue weighted by atomic mass is 35.5. The molecule has 0 radical (unpaired) electrons. The standard InChI is InChI=1S/C15H22N2O3S.ClH/c1-11-9-13(3-4-15(11)20-2)21(18,19)17-8-6-14-12(10-17)5-7-16-14;/h3-4,9,12,14,16H,5-8,10H2,1-2H3;1H. The van der Waals surface area contributed by atoms with Gasteiger partial charge in [0, 0.05) is 19.1 Å². The van der Waals surface area contributed by atoms with E-state index in [0.717, 1.165) is 24.9 Å². The zero-order valence-corrected chi connectivity index (χ0v) is 14.5. The van der Waals surface area contributed by atoms with Gasteiger partial charge in [-0.15, -0.1) is 12.4 Å². The Hall–Kier alpha value is -0.820. The third kappa shape index (κ3) is 3.11. The van der Waals surface area contributed by atoms with Crippen LogP contribution in [-0.2, 0) is 10.0 Å². The minimum atomic E-state index is -3.40. The Labute approximate surface area is 138 Å². The van der Waals surface area contributed by atoms with E-state index in [1.807, 2.05) is 6.92 Å². The normalized spacial score (nSPS) is 25.4. The molecule has 7 heteroatoms. The molecule has 0 amide bonds. The van der Waals surface area contributed by atoms with Crippen molar-refractivity contribution in [1.29, 1.82) is 0 Å². The van der Waals surface area contributed by atoms with Gasteiger partial charge in [0.15, 0.2) is 0 Å². The Morgan fingerprint density at radius 1 is 1.32 bits per heavy atom. The predicted molar refractivity (Wildman–Crippen MR) is 88.3 cm³/mol. The van der Waals surface area contributed by atoms with E-state index in [1.54, 1.807) is 29.6 Å². The molecule has 1 aromatic rings. The molecular formula is C15H23ClN2O3S. The fraction of sp³-hybridized carbons (Fsp3) is 0.600. The third-order valence-corrected chi connectivity index (χ3v) is 6.48. The summed E-state index contributed by atoms with van der Waals surface area (Å²) in [5.41, 5.74) is 0.844. The number of hydrogen-bond donors (Lipinski definition) is 1. The molecule has 0 aliphatic carbocycles. The maximum absolute atomic E-state index is 12.8. The molecule has 2 aliphatic rings. The number of methoxy groups -OCH3 is 1. The van der Waals surface area contributed by atoms with Crippen LogP contribution in [0.2, 0.25) is 0 Å². The lowest BCUT2D eigenvalue weighted by Crippen LogP contribution is -2.46. The first-order chi connectivity index (χ1) is 10.0. The molecular weight excluding hydrogens is 324 g/mol. The number of nitrogens with zero attached hydrogens (tertiary/aromatic N) is 1. The van der Waals surface area contributed by atoms with Gasteiger partial charge in [-0.3, -0.25) is 0 Å². The van der Waals surface area contributed by atoms with Crippen LogP contribution in [0, 0.1) is 12.8 Å². The van der Waals surface area contributed by atoms with Crippen LogP contribution in [0.3, 0.4) is 0 Å². The number of hydrogen-bond acceptors (Lipinski definition) is 4. The number of benzene rings is 1. The molecule has 2 heterocycles. The Bertz CT molecular complexity index is 636. The number of sulfonamides is 1. The summed E-state index contributed by atoms with van der Waals surface area (Å²) in [6.45, 7) is 4.10. The van der Waals surface area contributed by atoms with E-state index in [9.17, 15) is 8.42 Å². The van der Waals surface area contributed by atoms with E-state index < -0.39 is 10.0 Å². The summed E-state index contributed by atoms with van der Waals surface area (Å²) in [6, 6.07) is 5.56. The van der Waals surface area contributed by atoms with Gasteiger partial charge in [-0.25, -0.2) is 8.42 Å². The topological polar surface area (TPSA) is 58.6 Å². The van der Waals surface area contributed by atoms with Crippen molar-refractivity contribution in [1.82, 2.24) is 9.62 Å². The molecule has 2 unspecified atom stereocenters. The molecule has 2 saturated heterocycles. The highest BCUT2D eigenvalue weighted by Gasteiger charge is 2.37. The van der Waals surface area contributed by atoms with Gasteiger partial charge in [0.25, 0.3) is 0 Å². The SMILES string of the molecule is COc1ccc(S(=O)(=O)N2CCC3NCCC3C2)cc1C.Cl. The van der Waals surface area contributed by atoms with E-state index in [-0.39, 0.29) is 12.4 Å². The summed E-state index contributed by atoms with van der Waals surface area (Å²) in [7, 11) is -1.81. The van der Waals surface area contributed by atoms with Crippen molar-refractivity contribution < 1.29 is 13.2 Å². The van der Waals surface area contributed by atoms with Gasteiger partial charge in [-0.1, -0.05) is 0 Å². The Morgan fingerprint density at radius 3 is 2.77 bits per heavy atom. The average molecular weight is 347 g/mol. The molecule has 0 bridgehead atoms. The summed E-state index contributed by atoms with van der Waals surface area (Å²) in [6.07, 6.45) is 1.97. The molecule has 1 aromatic carbocycles. The predicted octanol–water partition coefficient (Wildman–Crippen LogP) is 1.80. The minimum Gasteiger partial charge on any atom is -0.496 e. The fourth-order valence-corrected chi connectivity index (χ4v) is 4.99. The molecule has 5 nitrogen and oxygen atoms in total. The van der Waals surface area contributed by atoms with Crippen LogP contribution in [0.25, 0.3) is 0 Å². The summed E-state index contributed by atoms with van der Waals surface area (Å²) in [5, 5.41) is 3.46. The number of piperidine rings is 1. The van der Waals surface area contributed by atoms with E-state index in [2.05, 4.69) is 5.32 Å². The average Bonchev–Trinajstić information content (AvgIpc) is 2.94. The molecule has 2 atom stereocenters. The van der Waals surface area contributed by atoms with Crippen molar-refractivity contribution in [2.45, 2.75) is 30.7 Å². The summed E-state index contributed by atoms with van der Waals surface area (Å²) >= 11 is 0. The molecule has 0 saturated carbocycles. The lowest BCUT2D eigenvalue weighted by atomic mass is 9.95. The van der Waals surface area contributed by atoms with Crippen LogP contribution < -0.4 is 10.1 Å². The second-order valence-corrected chi connectivity index (χ2v) is 7.83. The molecule has 124 valence electrons. The smallest absolute Gasteiger partial charge is 0.243 e. The molecule has 0 spiro atoms. The lowest BCUT2D eigenvalue weighted by molar-refractivity contribution is 0.247. The number of rotatable bonds is 3. The van der Waals surface area contributed by atoms with Gasteiger partial charge in [0.2, 0.25) is 10.0 Å². The van der Waals surface area contributed by atoms with Crippen LogP contribution in [0.15, 0.2) is 23.1 Å². The van der Waals surface area contributed by atoms with Gasteiger partial charge >= 0.3 is 0 Å². The van der Waals surface area contributed by atoms with E-state index in [0.29, 0.717) is 35.7 Å². The van der Waals surface area contributed by atoms with Gasteiger partial charge in [0.1, 0.15) is 5.75 Å². The maximum Gasteiger partial charge on any atom is 0.243 e. The van der Waals surface area contributed by atoms with E-state index in [1.165, 1.54) is 0 Å². The fourth-order valence-electron chi connectivity index (χ4n) is 3.39. The largest absolute Gasteiger partial charge is 0.496 e. The molecule has 22 heavy (non-hydrogen) atoms. The summed E-state index contributed by atoms with van der Waals surface area (Å²) in [5.74, 6) is 1.17. The van der Waals surface area contributed by atoms with Crippen LogP contribution in [0.1, 0.15) is 18.4 Å². The molecule has 0 aromatic heterocycles. The molecule has 2 fully saturated rings. The molecule has 3 rings (SSSR count). The number of halogens is 1. The second kappa shape index (κ2) is 6.74. The minimum absolute atomic E-state index is 0. The first-order valence-corrected chi connectivity index (χ1v) is 8.84. The zero-order chi connectivity index (χ0) is 15.0. The van der Waals surface area contributed by atoms with Gasteiger partial charge < -0.3 is 10.1 Å². The van der Waals surface area contributed by atoms with Crippen molar-refractivity contribution in [3.8, 4) is 5.75 Å². The Balaban J connectivity index is 0.00000176. The van der Waals surface area contributed by atoms with Crippen molar-refractivity contribution in [3.05, 3.63) is 23.8 Å². The van der Waals surface area contributed by atoms with Crippen molar-refractivity contribution in [3.63, 3.8) is 0 Å². The summed E-state index contributed by atoms with van der Waals surface area (Å²) in [4.78, 5) is 0.366. The highest BCUT2D eigenvalue weighted by molar-refractivity contribution is 7.89.